The fraction of sp³-hybridized carbons (Fsp3) is 0.294. The van der Waals surface area contributed by atoms with E-state index < -0.39 is 12.0 Å². The van der Waals surface area contributed by atoms with Crippen molar-refractivity contribution in [1.82, 2.24) is 10.9 Å². The summed E-state index contributed by atoms with van der Waals surface area (Å²) in [5.74, 6) is -0.779. The first-order valence-electron chi connectivity index (χ1n) is 7.75. The number of fused-ring (bicyclic) bond motifs is 1. The predicted molar refractivity (Wildman–Crippen MR) is 100 cm³/mol. The molecule has 8 heteroatoms. The number of rotatable bonds is 3. The highest BCUT2D eigenvalue weighted by atomic mass is 35.5. The summed E-state index contributed by atoms with van der Waals surface area (Å²) in [4.78, 5) is 25.1. The summed E-state index contributed by atoms with van der Waals surface area (Å²) in [5.41, 5.74) is 7.05. The Morgan fingerprint density at radius 1 is 1.24 bits per heavy atom. The molecule has 1 atom stereocenters. The summed E-state index contributed by atoms with van der Waals surface area (Å²) in [6.45, 7) is 0. The maximum atomic E-state index is 12.5. The number of thiophene rings is 1. The summed E-state index contributed by atoms with van der Waals surface area (Å²) in [6.07, 6.45) is 3.73. The molecule has 3 rings (SSSR count). The van der Waals surface area contributed by atoms with Crippen LogP contribution in [0.3, 0.4) is 0 Å². The lowest BCUT2D eigenvalue weighted by Crippen LogP contribution is -2.41. The largest absolute Gasteiger partial charge is 0.388 e. The number of hydrogen-bond acceptors (Lipinski definition) is 5. The predicted octanol–water partition coefficient (Wildman–Crippen LogP) is 3.57. The molecule has 0 radical (unpaired) electrons. The number of aliphatic hydroxyl groups is 1. The third-order valence-electron chi connectivity index (χ3n) is 4.04. The fourth-order valence-corrected chi connectivity index (χ4v) is 5.06. The minimum Gasteiger partial charge on any atom is -0.388 e. The molecule has 3 N–H and O–H groups in total. The summed E-state index contributed by atoms with van der Waals surface area (Å²) < 4.78 is 0.955. The van der Waals surface area contributed by atoms with Crippen LogP contribution in [0.5, 0.6) is 0 Å². The molecule has 0 saturated heterocycles. The second-order valence-electron chi connectivity index (χ2n) is 5.64. The van der Waals surface area contributed by atoms with Crippen molar-refractivity contribution in [2.24, 2.45) is 0 Å². The Bertz CT molecular complexity index is 805. The quantitative estimate of drug-likeness (QED) is 0.547. The minimum atomic E-state index is -0.521. The van der Waals surface area contributed by atoms with Crippen LogP contribution in [0.4, 0.5) is 0 Å². The average Bonchev–Trinajstić information content (AvgIpc) is 3.00. The number of hydrogen-bond donors (Lipinski definition) is 3. The van der Waals surface area contributed by atoms with Gasteiger partial charge in [0.25, 0.3) is 11.8 Å². The Labute approximate surface area is 158 Å². The highest BCUT2D eigenvalue weighted by Crippen LogP contribution is 2.43. The molecule has 25 heavy (non-hydrogen) atoms. The van der Waals surface area contributed by atoms with E-state index in [1.54, 1.807) is 24.3 Å². The number of benzene rings is 1. The van der Waals surface area contributed by atoms with Crippen molar-refractivity contribution >= 4 is 46.5 Å². The SMILES string of the molecule is CSc1sc(C(=O)NNC(=O)c2ccc(Cl)cc2)c2c1[C@H](O)CCC2. The van der Waals surface area contributed by atoms with Crippen molar-refractivity contribution < 1.29 is 14.7 Å². The molecule has 2 aromatic rings. The molecular formula is C17H17ClN2O3S2. The standard InChI is InChI=1S/C17H17ClN2O3S2/c1-24-17-13-11(3-2-4-12(13)21)14(25-17)16(23)20-19-15(22)9-5-7-10(18)8-6-9/h5-8,12,21H,2-4H2,1H3,(H,19,22)(H,20,23)/t12-/m1/s1. The van der Waals surface area contributed by atoms with E-state index in [-0.39, 0.29) is 5.91 Å². The van der Waals surface area contributed by atoms with E-state index in [0.717, 1.165) is 28.2 Å². The molecule has 0 unspecified atom stereocenters. The molecule has 2 amide bonds. The van der Waals surface area contributed by atoms with Gasteiger partial charge in [0, 0.05) is 16.1 Å². The molecular weight excluding hydrogens is 380 g/mol. The Hall–Kier alpha value is -1.54. The summed E-state index contributed by atoms with van der Waals surface area (Å²) >= 11 is 8.68. The van der Waals surface area contributed by atoms with E-state index >= 15 is 0 Å². The number of amides is 2. The van der Waals surface area contributed by atoms with Gasteiger partial charge >= 0.3 is 0 Å². The van der Waals surface area contributed by atoms with Crippen LogP contribution >= 0.6 is 34.7 Å². The lowest BCUT2D eigenvalue weighted by molar-refractivity contribution is 0.0847. The first-order chi connectivity index (χ1) is 12.0. The lowest BCUT2D eigenvalue weighted by Gasteiger charge is -2.19. The zero-order chi connectivity index (χ0) is 18.0. The fourth-order valence-electron chi connectivity index (χ4n) is 2.84. The van der Waals surface area contributed by atoms with Crippen LogP contribution in [-0.2, 0) is 6.42 Å². The summed E-state index contributed by atoms with van der Waals surface area (Å²) in [6, 6.07) is 6.39. The minimum absolute atomic E-state index is 0.363. The molecule has 1 aliphatic rings. The van der Waals surface area contributed by atoms with Crippen LogP contribution < -0.4 is 10.9 Å². The third-order valence-corrected chi connectivity index (χ3v) is 6.67. The van der Waals surface area contributed by atoms with Gasteiger partial charge in [-0.1, -0.05) is 11.6 Å². The maximum absolute atomic E-state index is 12.5. The van der Waals surface area contributed by atoms with Crippen LogP contribution in [0.2, 0.25) is 5.02 Å². The van der Waals surface area contributed by atoms with E-state index in [0.29, 0.717) is 21.9 Å². The lowest BCUT2D eigenvalue weighted by atomic mass is 9.91. The van der Waals surface area contributed by atoms with Crippen molar-refractivity contribution in [1.29, 1.82) is 0 Å². The number of thioether (sulfide) groups is 1. The van der Waals surface area contributed by atoms with Crippen molar-refractivity contribution in [2.45, 2.75) is 29.6 Å². The molecule has 5 nitrogen and oxygen atoms in total. The van der Waals surface area contributed by atoms with Gasteiger partial charge in [0.05, 0.1) is 15.2 Å². The monoisotopic (exact) mass is 396 g/mol. The molecule has 0 aliphatic heterocycles. The molecule has 1 aliphatic carbocycles. The van der Waals surface area contributed by atoms with Crippen LogP contribution in [-0.4, -0.2) is 23.2 Å². The number of nitrogens with one attached hydrogen (secondary N) is 2. The molecule has 1 heterocycles. The van der Waals surface area contributed by atoms with Crippen LogP contribution in [0, 0.1) is 0 Å². The number of carbonyl (C=O) groups excluding carboxylic acids is 2. The van der Waals surface area contributed by atoms with Gasteiger partial charge in [0.15, 0.2) is 0 Å². The number of aliphatic hydroxyl groups excluding tert-OH is 1. The van der Waals surface area contributed by atoms with Crippen LogP contribution in [0.15, 0.2) is 28.5 Å². The van der Waals surface area contributed by atoms with Crippen LogP contribution in [0.1, 0.15) is 50.1 Å². The second-order valence-corrected chi connectivity index (χ2v) is 8.17. The molecule has 132 valence electrons. The Morgan fingerprint density at radius 3 is 2.60 bits per heavy atom. The normalized spacial score (nSPS) is 16.2. The summed E-state index contributed by atoms with van der Waals surface area (Å²) in [7, 11) is 0. The number of carbonyl (C=O) groups is 2. The zero-order valence-electron chi connectivity index (χ0n) is 13.5. The summed E-state index contributed by atoms with van der Waals surface area (Å²) in [5, 5.41) is 10.8. The van der Waals surface area contributed by atoms with Gasteiger partial charge in [0.1, 0.15) is 0 Å². The number of hydrazine groups is 1. The van der Waals surface area contributed by atoms with E-state index in [4.69, 9.17) is 11.6 Å². The van der Waals surface area contributed by atoms with Gasteiger partial charge < -0.3 is 5.11 Å². The highest BCUT2D eigenvalue weighted by molar-refractivity contribution is 8.00. The molecule has 0 bridgehead atoms. The maximum Gasteiger partial charge on any atom is 0.280 e. The van der Waals surface area contributed by atoms with E-state index in [9.17, 15) is 14.7 Å². The Kier molecular flexibility index (Phi) is 5.68. The van der Waals surface area contributed by atoms with Crippen LogP contribution in [0.25, 0.3) is 0 Å². The topological polar surface area (TPSA) is 78.4 Å². The Balaban J connectivity index is 1.73. The van der Waals surface area contributed by atoms with Gasteiger partial charge in [0.2, 0.25) is 0 Å². The van der Waals surface area contributed by atoms with E-state index in [1.165, 1.54) is 23.1 Å². The van der Waals surface area contributed by atoms with Crippen molar-refractivity contribution in [3.05, 3.63) is 50.9 Å². The second kappa shape index (κ2) is 7.78. The highest BCUT2D eigenvalue weighted by Gasteiger charge is 2.29. The van der Waals surface area contributed by atoms with Gasteiger partial charge in [-0.25, -0.2) is 0 Å². The van der Waals surface area contributed by atoms with Gasteiger partial charge in [-0.3, -0.25) is 20.4 Å². The van der Waals surface area contributed by atoms with Crippen molar-refractivity contribution in [2.75, 3.05) is 6.26 Å². The zero-order valence-corrected chi connectivity index (χ0v) is 15.9. The smallest absolute Gasteiger partial charge is 0.280 e. The first-order valence-corrected chi connectivity index (χ1v) is 10.2. The molecule has 1 aromatic carbocycles. The molecule has 0 saturated carbocycles. The van der Waals surface area contributed by atoms with Crippen molar-refractivity contribution in [3.8, 4) is 0 Å². The third kappa shape index (κ3) is 3.84. The van der Waals surface area contributed by atoms with Gasteiger partial charge in [-0.15, -0.1) is 23.1 Å². The molecule has 0 fully saturated rings. The van der Waals surface area contributed by atoms with E-state index in [2.05, 4.69) is 10.9 Å². The van der Waals surface area contributed by atoms with Crippen molar-refractivity contribution in [3.63, 3.8) is 0 Å². The average molecular weight is 397 g/mol. The molecule has 1 aromatic heterocycles. The Morgan fingerprint density at radius 2 is 1.92 bits per heavy atom. The van der Waals surface area contributed by atoms with E-state index in [1.807, 2.05) is 6.26 Å². The molecule has 0 spiro atoms. The van der Waals surface area contributed by atoms with Gasteiger partial charge in [-0.05, 0) is 55.3 Å². The number of halogens is 1. The van der Waals surface area contributed by atoms with Gasteiger partial charge in [-0.2, -0.15) is 0 Å². The first kappa shape index (κ1) is 18.3.